The highest BCUT2D eigenvalue weighted by Crippen LogP contribution is 2.30. The molecule has 8 heteroatoms. The fourth-order valence-electron chi connectivity index (χ4n) is 3.45. The Labute approximate surface area is 140 Å². The van der Waals surface area contributed by atoms with E-state index in [1.807, 2.05) is 0 Å². The molecule has 1 aliphatic rings. The Hall–Kier alpha value is -2.51. The molecule has 0 amide bonds. The molecule has 24 heavy (non-hydrogen) atoms. The minimum absolute atomic E-state index is 0.0887. The Bertz CT molecular complexity index is 716. The summed E-state index contributed by atoms with van der Waals surface area (Å²) in [6.45, 7) is 3.84. The van der Waals surface area contributed by atoms with Crippen molar-refractivity contribution in [2.45, 2.75) is 52.0 Å². The topological polar surface area (TPSA) is 98.8 Å². The van der Waals surface area contributed by atoms with Gasteiger partial charge in [0.15, 0.2) is 0 Å². The van der Waals surface area contributed by atoms with E-state index in [2.05, 4.69) is 27.2 Å². The van der Waals surface area contributed by atoms with Gasteiger partial charge in [0, 0.05) is 18.4 Å². The van der Waals surface area contributed by atoms with E-state index in [-0.39, 0.29) is 11.5 Å². The third-order valence-corrected chi connectivity index (χ3v) is 4.72. The summed E-state index contributed by atoms with van der Waals surface area (Å²) in [6.07, 6.45) is 10.6. The normalized spacial score (nSPS) is 20.8. The second-order valence-electron chi connectivity index (χ2n) is 6.24. The maximum absolute atomic E-state index is 11.4. The fourth-order valence-corrected chi connectivity index (χ4v) is 3.45. The average Bonchev–Trinajstić information content (AvgIpc) is 3.08. The maximum atomic E-state index is 11.4. The van der Waals surface area contributed by atoms with Crippen molar-refractivity contribution in [2.24, 2.45) is 5.92 Å². The van der Waals surface area contributed by atoms with Crippen LogP contribution in [0.1, 0.15) is 44.7 Å². The van der Waals surface area contributed by atoms with E-state index in [9.17, 15) is 10.1 Å². The minimum atomic E-state index is -0.441. The molecule has 2 atom stereocenters. The standard InChI is InChI=1S/C16H22N6O2/c1-3-12-6-4-5-7-13(12)19-16-18-11(2)14(22(23)24)15(20-16)21-9-8-17-10-21/h8-10,12-13H,3-7H2,1-2H3,(H,18,19,20). The van der Waals surface area contributed by atoms with Gasteiger partial charge in [0.05, 0.1) is 4.92 Å². The zero-order chi connectivity index (χ0) is 17.1. The van der Waals surface area contributed by atoms with Gasteiger partial charge < -0.3 is 5.32 Å². The zero-order valence-electron chi connectivity index (χ0n) is 14.0. The summed E-state index contributed by atoms with van der Waals surface area (Å²) in [4.78, 5) is 23.7. The van der Waals surface area contributed by atoms with Gasteiger partial charge in [-0.15, -0.1) is 0 Å². The lowest BCUT2D eigenvalue weighted by atomic mass is 9.83. The molecule has 2 unspecified atom stereocenters. The van der Waals surface area contributed by atoms with Crippen LogP contribution in [0.15, 0.2) is 18.7 Å². The lowest BCUT2D eigenvalue weighted by molar-refractivity contribution is -0.385. The van der Waals surface area contributed by atoms with Crippen molar-refractivity contribution in [3.05, 3.63) is 34.5 Å². The van der Waals surface area contributed by atoms with Crippen LogP contribution in [0.4, 0.5) is 11.6 Å². The number of hydrogen-bond donors (Lipinski definition) is 1. The molecule has 0 radical (unpaired) electrons. The first-order valence-electron chi connectivity index (χ1n) is 8.38. The largest absolute Gasteiger partial charge is 0.351 e. The minimum Gasteiger partial charge on any atom is -0.351 e. The summed E-state index contributed by atoms with van der Waals surface area (Å²) in [5, 5.41) is 14.8. The first-order valence-corrected chi connectivity index (χ1v) is 8.38. The highest BCUT2D eigenvalue weighted by Gasteiger charge is 2.27. The number of nitrogens with one attached hydrogen (secondary N) is 1. The van der Waals surface area contributed by atoms with Crippen LogP contribution < -0.4 is 5.32 Å². The van der Waals surface area contributed by atoms with E-state index in [0.29, 0.717) is 23.6 Å². The highest BCUT2D eigenvalue weighted by atomic mass is 16.6. The summed E-state index contributed by atoms with van der Waals surface area (Å²) in [6, 6.07) is 0.320. The van der Waals surface area contributed by atoms with Crippen LogP contribution in [0.3, 0.4) is 0 Å². The molecule has 0 aromatic carbocycles. The van der Waals surface area contributed by atoms with Gasteiger partial charge in [-0.3, -0.25) is 14.7 Å². The van der Waals surface area contributed by atoms with Crippen molar-refractivity contribution >= 4 is 11.6 Å². The molecule has 1 fully saturated rings. The lowest BCUT2D eigenvalue weighted by Crippen LogP contribution is -2.32. The van der Waals surface area contributed by atoms with Gasteiger partial charge >= 0.3 is 5.69 Å². The van der Waals surface area contributed by atoms with Crippen molar-refractivity contribution in [1.82, 2.24) is 19.5 Å². The molecular weight excluding hydrogens is 308 g/mol. The Morgan fingerprint density at radius 1 is 1.38 bits per heavy atom. The number of rotatable bonds is 5. The smallest absolute Gasteiger partial charge is 0.333 e. The number of imidazole rings is 1. The molecule has 1 aliphatic carbocycles. The molecule has 0 spiro atoms. The average molecular weight is 330 g/mol. The molecule has 2 heterocycles. The summed E-state index contributed by atoms with van der Waals surface area (Å²) in [5.41, 5.74) is 0.263. The van der Waals surface area contributed by atoms with E-state index in [4.69, 9.17) is 0 Å². The van der Waals surface area contributed by atoms with Crippen LogP contribution >= 0.6 is 0 Å². The Kier molecular flexibility index (Phi) is 4.73. The molecule has 2 aromatic rings. The van der Waals surface area contributed by atoms with Crippen LogP contribution in [0, 0.1) is 23.0 Å². The quantitative estimate of drug-likeness (QED) is 0.667. The van der Waals surface area contributed by atoms with Crippen LogP contribution in [0.2, 0.25) is 0 Å². The van der Waals surface area contributed by atoms with Crippen molar-refractivity contribution in [3.63, 3.8) is 0 Å². The third kappa shape index (κ3) is 3.22. The van der Waals surface area contributed by atoms with Crippen LogP contribution in [-0.4, -0.2) is 30.5 Å². The van der Waals surface area contributed by atoms with Gasteiger partial charge in [0.25, 0.3) is 0 Å². The second-order valence-corrected chi connectivity index (χ2v) is 6.24. The lowest BCUT2D eigenvalue weighted by Gasteiger charge is -2.31. The Morgan fingerprint density at radius 2 is 2.17 bits per heavy atom. The SMILES string of the molecule is CCC1CCCCC1Nc1nc(C)c([N+](=O)[O-])c(-n2ccnc2)n1. The van der Waals surface area contributed by atoms with E-state index in [1.54, 1.807) is 23.9 Å². The number of nitrogens with zero attached hydrogens (tertiary/aromatic N) is 5. The molecule has 0 bridgehead atoms. The predicted octanol–water partition coefficient (Wildman–Crippen LogP) is 3.26. The summed E-state index contributed by atoms with van der Waals surface area (Å²) < 4.78 is 1.55. The monoisotopic (exact) mass is 330 g/mol. The highest BCUT2D eigenvalue weighted by molar-refractivity contribution is 5.53. The Morgan fingerprint density at radius 3 is 2.83 bits per heavy atom. The van der Waals surface area contributed by atoms with E-state index >= 15 is 0 Å². The zero-order valence-corrected chi connectivity index (χ0v) is 14.0. The summed E-state index contributed by atoms with van der Waals surface area (Å²) >= 11 is 0. The van der Waals surface area contributed by atoms with Gasteiger partial charge in [0.2, 0.25) is 11.8 Å². The first kappa shape index (κ1) is 16.4. The number of anilines is 1. The molecule has 1 saturated carbocycles. The molecule has 128 valence electrons. The van der Waals surface area contributed by atoms with Crippen molar-refractivity contribution in [2.75, 3.05) is 5.32 Å². The van der Waals surface area contributed by atoms with Gasteiger partial charge in [-0.1, -0.05) is 26.2 Å². The number of nitro groups is 1. The van der Waals surface area contributed by atoms with Crippen molar-refractivity contribution in [1.29, 1.82) is 0 Å². The Balaban J connectivity index is 1.96. The van der Waals surface area contributed by atoms with Gasteiger partial charge in [-0.2, -0.15) is 4.98 Å². The predicted molar refractivity (Wildman–Crippen MR) is 90.2 cm³/mol. The maximum Gasteiger partial charge on any atom is 0.333 e. The van der Waals surface area contributed by atoms with E-state index in [0.717, 1.165) is 12.8 Å². The first-order chi connectivity index (χ1) is 11.6. The molecule has 0 aliphatic heterocycles. The van der Waals surface area contributed by atoms with E-state index in [1.165, 1.54) is 25.6 Å². The molecule has 8 nitrogen and oxygen atoms in total. The molecule has 3 rings (SSSR count). The van der Waals surface area contributed by atoms with Crippen molar-refractivity contribution < 1.29 is 4.92 Å². The number of aryl methyl sites for hydroxylation is 1. The summed E-state index contributed by atoms with van der Waals surface area (Å²) in [7, 11) is 0. The number of hydrogen-bond acceptors (Lipinski definition) is 6. The van der Waals surface area contributed by atoms with Crippen molar-refractivity contribution in [3.8, 4) is 5.82 Å². The third-order valence-electron chi connectivity index (χ3n) is 4.72. The molecule has 1 N–H and O–H groups in total. The van der Waals surface area contributed by atoms with Gasteiger partial charge in [-0.05, 0) is 25.7 Å². The molecule has 2 aromatic heterocycles. The number of aromatic nitrogens is 4. The van der Waals surface area contributed by atoms with Crippen LogP contribution in [0.5, 0.6) is 0 Å². The van der Waals surface area contributed by atoms with Gasteiger partial charge in [0.1, 0.15) is 12.0 Å². The van der Waals surface area contributed by atoms with E-state index < -0.39 is 4.92 Å². The summed E-state index contributed by atoms with van der Waals surface area (Å²) in [5.74, 6) is 1.29. The van der Waals surface area contributed by atoms with Crippen LogP contribution in [0.25, 0.3) is 5.82 Å². The van der Waals surface area contributed by atoms with Crippen LogP contribution in [-0.2, 0) is 0 Å². The molecular formula is C16H22N6O2. The second kappa shape index (κ2) is 6.94. The fraction of sp³-hybridized carbons (Fsp3) is 0.562. The molecule has 0 saturated heterocycles. The van der Waals surface area contributed by atoms with Gasteiger partial charge in [-0.25, -0.2) is 9.97 Å².